The predicted octanol–water partition coefficient (Wildman–Crippen LogP) is 1.92. The molecule has 0 spiro atoms. The first-order valence-corrected chi connectivity index (χ1v) is 7.35. The van der Waals surface area contributed by atoms with Crippen molar-refractivity contribution in [1.29, 1.82) is 0 Å². The number of ether oxygens (including phenoxy) is 1. The van der Waals surface area contributed by atoms with Gasteiger partial charge in [-0.15, -0.1) is 0 Å². The molecule has 0 aliphatic heterocycles. The maximum absolute atomic E-state index is 11.5. The van der Waals surface area contributed by atoms with Crippen LogP contribution >= 0.6 is 15.9 Å². The summed E-state index contributed by atoms with van der Waals surface area (Å²) < 4.78 is 17.9. The standard InChI is InChI=1S/C11H16BrNO2S/c1-9(13)8-16(14)6-5-15-11-4-2-3-10(12)7-11/h2-4,7,9H,5-6,8,13H2,1H3. The zero-order valence-electron chi connectivity index (χ0n) is 9.19. The summed E-state index contributed by atoms with van der Waals surface area (Å²) in [6, 6.07) is 7.57. The van der Waals surface area contributed by atoms with Crippen LogP contribution in [0.3, 0.4) is 0 Å². The molecule has 0 bridgehead atoms. The molecule has 0 aliphatic rings. The lowest BCUT2D eigenvalue weighted by Gasteiger charge is -2.07. The zero-order valence-corrected chi connectivity index (χ0v) is 11.6. The first kappa shape index (κ1) is 13.7. The number of hydrogen-bond acceptors (Lipinski definition) is 3. The van der Waals surface area contributed by atoms with Crippen LogP contribution in [0.4, 0.5) is 0 Å². The van der Waals surface area contributed by atoms with E-state index in [0.717, 1.165) is 10.2 Å². The van der Waals surface area contributed by atoms with Crippen molar-refractivity contribution in [3.63, 3.8) is 0 Å². The summed E-state index contributed by atoms with van der Waals surface area (Å²) >= 11 is 3.36. The van der Waals surface area contributed by atoms with Crippen molar-refractivity contribution in [2.45, 2.75) is 13.0 Å². The molecule has 0 saturated carbocycles. The SMILES string of the molecule is CC(N)CS(=O)CCOc1cccc(Br)c1. The molecular formula is C11H16BrNO2S. The number of nitrogens with two attached hydrogens (primary N) is 1. The molecule has 1 aromatic rings. The lowest BCUT2D eigenvalue weighted by Crippen LogP contribution is -2.25. The molecule has 0 aromatic heterocycles. The van der Waals surface area contributed by atoms with Crippen molar-refractivity contribution in [1.82, 2.24) is 0 Å². The molecule has 0 fully saturated rings. The minimum absolute atomic E-state index is 0.0216. The van der Waals surface area contributed by atoms with Crippen LogP contribution in [0.25, 0.3) is 0 Å². The highest BCUT2D eigenvalue weighted by molar-refractivity contribution is 9.10. The third-order valence-electron chi connectivity index (χ3n) is 1.82. The second-order valence-electron chi connectivity index (χ2n) is 3.59. The Morgan fingerprint density at radius 2 is 2.31 bits per heavy atom. The fourth-order valence-electron chi connectivity index (χ4n) is 1.19. The van der Waals surface area contributed by atoms with Gasteiger partial charge in [0.1, 0.15) is 5.75 Å². The molecule has 2 N–H and O–H groups in total. The van der Waals surface area contributed by atoms with Gasteiger partial charge in [-0.1, -0.05) is 22.0 Å². The van der Waals surface area contributed by atoms with Crippen molar-refractivity contribution < 1.29 is 8.95 Å². The van der Waals surface area contributed by atoms with Gasteiger partial charge in [-0.2, -0.15) is 0 Å². The van der Waals surface area contributed by atoms with E-state index in [9.17, 15) is 4.21 Å². The monoisotopic (exact) mass is 305 g/mol. The van der Waals surface area contributed by atoms with Gasteiger partial charge in [0.2, 0.25) is 0 Å². The quantitative estimate of drug-likeness (QED) is 0.873. The van der Waals surface area contributed by atoms with Gasteiger partial charge in [0, 0.05) is 27.1 Å². The first-order chi connectivity index (χ1) is 7.58. The van der Waals surface area contributed by atoms with Crippen LogP contribution in [-0.4, -0.2) is 28.4 Å². The molecule has 2 unspecified atom stereocenters. The highest BCUT2D eigenvalue weighted by atomic mass is 79.9. The van der Waals surface area contributed by atoms with Gasteiger partial charge in [-0.25, -0.2) is 0 Å². The van der Waals surface area contributed by atoms with Crippen molar-refractivity contribution >= 4 is 26.7 Å². The molecule has 90 valence electrons. The van der Waals surface area contributed by atoms with Crippen molar-refractivity contribution in [3.05, 3.63) is 28.7 Å². The topological polar surface area (TPSA) is 52.3 Å². The van der Waals surface area contributed by atoms with Gasteiger partial charge in [-0.3, -0.25) is 4.21 Å². The molecule has 0 aliphatic carbocycles. The number of rotatable bonds is 6. The predicted molar refractivity (Wildman–Crippen MR) is 71.2 cm³/mol. The van der Waals surface area contributed by atoms with E-state index in [1.165, 1.54) is 0 Å². The molecule has 0 amide bonds. The van der Waals surface area contributed by atoms with Crippen LogP contribution in [0.5, 0.6) is 5.75 Å². The van der Waals surface area contributed by atoms with E-state index in [1.807, 2.05) is 31.2 Å². The Morgan fingerprint density at radius 3 is 2.94 bits per heavy atom. The van der Waals surface area contributed by atoms with E-state index in [2.05, 4.69) is 15.9 Å². The van der Waals surface area contributed by atoms with Gasteiger partial charge in [-0.05, 0) is 25.1 Å². The number of hydrogen-bond donors (Lipinski definition) is 1. The molecular weight excluding hydrogens is 290 g/mol. The summed E-state index contributed by atoms with van der Waals surface area (Å²) in [6.45, 7) is 2.31. The lowest BCUT2D eigenvalue weighted by atomic mass is 10.3. The third-order valence-corrected chi connectivity index (χ3v) is 3.84. The van der Waals surface area contributed by atoms with Crippen molar-refractivity contribution in [2.75, 3.05) is 18.1 Å². The molecule has 5 heteroatoms. The Hall–Kier alpha value is -0.390. The van der Waals surface area contributed by atoms with Gasteiger partial charge in [0.05, 0.1) is 12.4 Å². The van der Waals surface area contributed by atoms with Crippen LogP contribution in [0, 0.1) is 0 Å². The maximum atomic E-state index is 11.5. The summed E-state index contributed by atoms with van der Waals surface area (Å²) in [5, 5.41) is 0. The minimum atomic E-state index is -0.891. The van der Waals surface area contributed by atoms with Crippen molar-refractivity contribution in [2.24, 2.45) is 5.73 Å². The largest absolute Gasteiger partial charge is 0.493 e. The van der Waals surface area contributed by atoms with Crippen LogP contribution < -0.4 is 10.5 Å². The van der Waals surface area contributed by atoms with E-state index in [4.69, 9.17) is 10.5 Å². The molecule has 0 heterocycles. The van der Waals surface area contributed by atoms with E-state index in [0.29, 0.717) is 18.1 Å². The average Bonchev–Trinajstić information content (AvgIpc) is 2.16. The second-order valence-corrected chi connectivity index (χ2v) is 6.13. The Bertz CT molecular complexity index is 358. The molecule has 1 aromatic carbocycles. The first-order valence-electron chi connectivity index (χ1n) is 5.07. The smallest absolute Gasteiger partial charge is 0.120 e. The lowest BCUT2D eigenvalue weighted by molar-refractivity contribution is 0.342. The van der Waals surface area contributed by atoms with Crippen molar-refractivity contribution in [3.8, 4) is 5.75 Å². The highest BCUT2D eigenvalue weighted by Crippen LogP contribution is 2.17. The second kappa shape index (κ2) is 7.04. The normalized spacial score (nSPS) is 14.4. The molecule has 0 saturated heterocycles. The third kappa shape index (κ3) is 5.63. The van der Waals surface area contributed by atoms with Crippen LogP contribution in [-0.2, 0) is 10.8 Å². The average molecular weight is 306 g/mol. The van der Waals surface area contributed by atoms with Gasteiger partial charge < -0.3 is 10.5 Å². The molecule has 1 rings (SSSR count). The summed E-state index contributed by atoms with van der Waals surface area (Å²) in [7, 11) is -0.891. The fourth-order valence-corrected chi connectivity index (χ4v) is 2.59. The summed E-state index contributed by atoms with van der Waals surface area (Å²) in [5.74, 6) is 1.84. The van der Waals surface area contributed by atoms with E-state index >= 15 is 0 Å². The summed E-state index contributed by atoms with van der Waals surface area (Å²) in [5.41, 5.74) is 5.56. The van der Waals surface area contributed by atoms with Crippen LogP contribution in [0.15, 0.2) is 28.7 Å². The Labute approximate surface area is 107 Å². The summed E-state index contributed by atoms with van der Waals surface area (Å²) in [4.78, 5) is 0. The van der Waals surface area contributed by atoms with Crippen LogP contribution in [0.1, 0.15) is 6.92 Å². The highest BCUT2D eigenvalue weighted by Gasteiger charge is 2.03. The number of benzene rings is 1. The molecule has 16 heavy (non-hydrogen) atoms. The minimum Gasteiger partial charge on any atom is -0.493 e. The fraction of sp³-hybridized carbons (Fsp3) is 0.455. The molecule has 2 atom stereocenters. The van der Waals surface area contributed by atoms with Crippen LogP contribution in [0.2, 0.25) is 0 Å². The molecule has 3 nitrogen and oxygen atoms in total. The van der Waals surface area contributed by atoms with Gasteiger partial charge in [0.25, 0.3) is 0 Å². The Morgan fingerprint density at radius 1 is 1.56 bits per heavy atom. The van der Waals surface area contributed by atoms with Gasteiger partial charge in [0.15, 0.2) is 0 Å². The van der Waals surface area contributed by atoms with E-state index in [1.54, 1.807) is 0 Å². The molecule has 0 radical (unpaired) electrons. The van der Waals surface area contributed by atoms with E-state index < -0.39 is 10.8 Å². The Balaban J connectivity index is 2.28. The Kier molecular flexibility index (Phi) is 6.01. The number of halogens is 1. The summed E-state index contributed by atoms with van der Waals surface area (Å²) in [6.07, 6.45) is 0. The maximum Gasteiger partial charge on any atom is 0.120 e. The van der Waals surface area contributed by atoms with E-state index in [-0.39, 0.29) is 6.04 Å². The zero-order chi connectivity index (χ0) is 12.0. The van der Waals surface area contributed by atoms with Gasteiger partial charge >= 0.3 is 0 Å².